The Balaban J connectivity index is 2.76. The molecule has 0 aromatic rings. The molecule has 0 aromatic carbocycles. The average Bonchev–Trinajstić information content (AvgIpc) is 2.34. The highest BCUT2D eigenvalue weighted by atomic mass is 19.4. The fourth-order valence-electron chi connectivity index (χ4n) is 2.29. The van der Waals surface area contributed by atoms with Crippen LogP contribution in [0.5, 0.6) is 0 Å². The van der Waals surface area contributed by atoms with Gasteiger partial charge in [0, 0.05) is 19.4 Å². The lowest BCUT2D eigenvalue weighted by Crippen LogP contribution is -2.54. The van der Waals surface area contributed by atoms with Crippen LogP contribution in [0.1, 0.15) is 52.9 Å². The van der Waals surface area contributed by atoms with Gasteiger partial charge < -0.3 is 4.74 Å². The Morgan fingerprint density at radius 1 is 1.38 bits per heavy atom. The van der Waals surface area contributed by atoms with Crippen LogP contribution in [0.15, 0.2) is 0 Å². The van der Waals surface area contributed by atoms with Gasteiger partial charge in [-0.25, -0.2) is 4.79 Å². The Morgan fingerprint density at radius 2 is 2.00 bits per heavy atom. The number of rotatable bonds is 4. The number of unbranched alkanes of at least 4 members (excludes halogenated alkanes) is 1. The number of likely N-dealkylation sites (tertiary alicyclic amines) is 1. The predicted molar refractivity (Wildman–Crippen MR) is 70.9 cm³/mol. The molecule has 0 N–H and O–H groups in total. The molecule has 0 bridgehead atoms. The second-order valence-electron chi connectivity index (χ2n) is 5.97. The first-order chi connectivity index (χ1) is 9.57. The number of amides is 1. The third kappa shape index (κ3) is 5.21. The van der Waals surface area contributed by atoms with Crippen molar-refractivity contribution in [2.75, 3.05) is 6.54 Å². The Labute approximate surface area is 122 Å². The third-order valence-electron chi connectivity index (χ3n) is 3.54. The van der Waals surface area contributed by atoms with Crippen molar-refractivity contribution in [2.24, 2.45) is 0 Å². The summed E-state index contributed by atoms with van der Waals surface area (Å²) >= 11 is 0. The molecule has 0 aliphatic carbocycles. The van der Waals surface area contributed by atoms with Crippen LogP contribution in [0.25, 0.3) is 0 Å². The highest BCUT2D eigenvalue weighted by Crippen LogP contribution is 2.32. The van der Waals surface area contributed by atoms with Crippen LogP contribution in [0.2, 0.25) is 0 Å². The predicted octanol–water partition coefficient (Wildman–Crippen LogP) is 3.69. The van der Waals surface area contributed by atoms with Gasteiger partial charge in [-0.2, -0.15) is 13.2 Å². The lowest BCUT2D eigenvalue weighted by atomic mass is 10.0. The van der Waals surface area contributed by atoms with Gasteiger partial charge >= 0.3 is 12.3 Å². The first kappa shape index (κ1) is 17.8. The van der Waals surface area contributed by atoms with E-state index in [1.807, 2.05) is 6.92 Å². The molecule has 1 aliphatic heterocycles. The van der Waals surface area contributed by atoms with E-state index in [1.165, 1.54) is 0 Å². The molecule has 1 saturated heterocycles. The molecular formula is C14H22F3NO3. The first-order valence-corrected chi connectivity index (χ1v) is 7.15. The maximum Gasteiger partial charge on any atom is 0.410 e. The summed E-state index contributed by atoms with van der Waals surface area (Å²) in [4.78, 5) is 23.9. The molecule has 0 spiro atoms. The minimum Gasteiger partial charge on any atom is -0.443 e. The summed E-state index contributed by atoms with van der Waals surface area (Å²) in [7, 11) is 0. The highest BCUT2D eigenvalue weighted by molar-refractivity contribution is 5.82. The van der Waals surface area contributed by atoms with Gasteiger partial charge in [-0.15, -0.1) is 0 Å². The quantitative estimate of drug-likeness (QED) is 0.795. The Kier molecular flexibility index (Phi) is 5.64. The summed E-state index contributed by atoms with van der Waals surface area (Å²) in [6.07, 6.45) is -4.05. The van der Waals surface area contributed by atoms with Gasteiger partial charge in [0.25, 0.3) is 0 Å². The number of hydrogen-bond donors (Lipinski definition) is 0. The zero-order chi connectivity index (χ0) is 16.3. The van der Waals surface area contributed by atoms with E-state index < -0.39 is 36.1 Å². The zero-order valence-electron chi connectivity index (χ0n) is 12.6. The molecule has 1 atom stereocenters. The minimum absolute atomic E-state index is 0.0585. The number of ether oxygens (including phenoxy) is 1. The normalized spacial score (nSPS) is 20.6. The second-order valence-corrected chi connectivity index (χ2v) is 5.97. The standard InChI is InChI=1S/C14H22F3NO3/c1-4-5-7-13(2,3)21-12(20)18-8-6-10(19)9-11(18)14(15,16)17/h11H,4-9H2,1-3H3. The maximum atomic E-state index is 13.0. The molecule has 21 heavy (non-hydrogen) atoms. The van der Waals surface area contributed by atoms with Crippen molar-refractivity contribution in [3.05, 3.63) is 0 Å². The Bertz CT molecular complexity index is 393. The van der Waals surface area contributed by atoms with Crippen molar-refractivity contribution in [3.63, 3.8) is 0 Å². The minimum atomic E-state index is -4.62. The smallest absolute Gasteiger partial charge is 0.410 e. The van der Waals surface area contributed by atoms with Gasteiger partial charge in [-0.05, 0) is 26.7 Å². The van der Waals surface area contributed by atoms with Crippen LogP contribution >= 0.6 is 0 Å². The van der Waals surface area contributed by atoms with Crippen molar-refractivity contribution in [3.8, 4) is 0 Å². The SMILES string of the molecule is CCCCC(C)(C)OC(=O)N1CCC(=O)CC1C(F)(F)F. The molecule has 4 nitrogen and oxygen atoms in total. The van der Waals surface area contributed by atoms with Crippen molar-refractivity contribution in [1.82, 2.24) is 4.90 Å². The van der Waals surface area contributed by atoms with Crippen molar-refractivity contribution in [2.45, 2.75) is 70.7 Å². The molecule has 0 saturated carbocycles. The fourth-order valence-corrected chi connectivity index (χ4v) is 2.29. The summed E-state index contributed by atoms with van der Waals surface area (Å²) < 4.78 is 44.1. The summed E-state index contributed by atoms with van der Waals surface area (Å²) in [6, 6.07) is -2.08. The lowest BCUT2D eigenvalue weighted by molar-refractivity contribution is -0.189. The molecule has 122 valence electrons. The average molecular weight is 309 g/mol. The van der Waals surface area contributed by atoms with E-state index in [1.54, 1.807) is 13.8 Å². The number of nitrogens with zero attached hydrogens (tertiary/aromatic N) is 1. The van der Waals surface area contributed by atoms with Crippen molar-refractivity contribution >= 4 is 11.9 Å². The summed E-state index contributed by atoms with van der Waals surface area (Å²) in [5.41, 5.74) is -0.815. The number of halogens is 3. The summed E-state index contributed by atoms with van der Waals surface area (Å²) in [5, 5.41) is 0. The molecule has 0 radical (unpaired) electrons. The summed E-state index contributed by atoms with van der Waals surface area (Å²) in [5.74, 6) is -0.480. The molecule has 1 fully saturated rings. The largest absolute Gasteiger partial charge is 0.443 e. The van der Waals surface area contributed by atoms with Gasteiger partial charge in [0.2, 0.25) is 0 Å². The van der Waals surface area contributed by atoms with Crippen LogP contribution in [-0.4, -0.2) is 41.1 Å². The number of Topliss-reactive ketones (excluding diaryl/α,β-unsaturated/α-hetero) is 1. The van der Waals surface area contributed by atoms with Crippen molar-refractivity contribution in [1.29, 1.82) is 0 Å². The highest BCUT2D eigenvalue weighted by Gasteiger charge is 2.49. The third-order valence-corrected chi connectivity index (χ3v) is 3.54. The molecule has 1 rings (SSSR count). The molecule has 1 heterocycles. The van der Waals surface area contributed by atoms with E-state index >= 15 is 0 Å². The summed E-state index contributed by atoms with van der Waals surface area (Å²) in [6.45, 7) is 5.09. The van der Waals surface area contributed by atoms with E-state index in [0.29, 0.717) is 11.3 Å². The molecular weight excluding hydrogens is 287 g/mol. The van der Waals surface area contributed by atoms with Crippen LogP contribution in [0.3, 0.4) is 0 Å². The monoisotopic (exact) mass is 309 g/mol. The molecule has 1 amide bonds. The van der Waals surface area contributed by atoms with Gasteiger partial charge in [0.15, 0.2) is 0 Å². The van der Waals surface area contributed by atoms with E-state index in [2.05, 4.69) is 0 Å². The number of carbonyl (C=O) groups is 2. The van der Waals surface area contributed by atoms with E-state index in [0.717, 1.165) is 12.8 Å². The number of carbonyl (C=O) groups excluding carboxylic acids is 2. The number of alkyl halides is 3. The van der Waals surface area contributed by atoms with Crippen LogP contribution < -0.4 is 0 Å². The number of piperidine rings is 1. The maximum absolute atomic E-state index is 13.0. The Morgan fingerprint density at radius 3 is 2.52 bits per heavy atom. The number of ketones is 1. The van der Waals surface area contributed by atoms with Gasteiger partial charge in [0.05, 0.1) is 0 Å². The zero-order valence-corrected chi connectivity index (χ0v) is 12.6. The molecule has 7 heteroatoms. The Hall–Kier alpha value is -1.27. The van der Waals surface area contributed by atoms with Gasteiger partial charge in [-0.3, -0.25) is 9.69 Å². The van der Waals surface area contributed by atoms with Crippen LogP contribution in [0, 0.1) is 0 Å². The fraction of sp³-hybridized carbons (Fsp3) is 0.857. The van der Waals surface area contributed by atoms with Gasteiger partial charge in [0.1, 0.15) is 17.4 Å². The lowest BCUT2D eigenvalue weighted by Gasteiger charge is -2.37. The molecule has 0 aromatic heterocycles. The van der Waals surface area contributed by atoms with Crippen LogP contribution in [0.4, 0.5) is 18.0 Å². The first-order valence-electron chi connectivity index (χ1n) is 7.15. The van der Waals surface area contributed by atoms with Crippen LogP contribution in [-0.2, 0) is 9.53 Å². The van der Waals surface area contributed by atoms with E-state index in [4.69, 9.17) is 4.74 Å². The van der Waals surface area contributed by atoms with Crippen molar-refractivity contribution < 1.29 is 27.5 Å². The number of hydrogen-bond acceptors (Lipinski definition) is 3. The molecule has 1 aliphatic rings. The topological polar surface area (TPSA) is 46.6 Å². The van der Waals surface area contributed by atoms with Gasteiger partial charge in [-0.1, -0.05) is 13.3 Å². The second kappa shape index (κ2) is 6.66. The molecule has 1 unspecified atom stereocenters. The van der Waals surface area contributed by atoms with E-state index in [9.17, 15) is 22.8 Å². The van der Waals surface area contributed by atoms with E-state index in [-0.39, 0.29) is 13.0 Å².